The average Bonchev–Trinajstić information content (AvgIpc) is 2.38. The van der Waals surface area contributed by atoms with Crippen molar-refractivity contribution >= 4 is 23.4 Å². The number of nitrogen functional groups attached to an aromatic ring is 1. The molecule has 0 saturated carbocycles. The fourth-order valence-corrected chi connectivity index (χ4v) is 2.63. The van der Waals surface area contributed by atoms with Crippen molar-refractivity contribution in [3.05, 3.63) is 24.3 Å². The molecule has 0 aromatic heterocycles. The third-order valence-corrected chi connectivity index (χ3v) is 3.81. The highest BCUT2D eigenvalue weighted by Gasteiger charge is 2.16. The van der Waals surface area contributed by atoms with Gasteiger partial charge in [0.1, 0.15) is 0 Å². The van der Waals surface area contributed by atoms with Gasteiger partial charge in [-0.3, -0.25) is 4.79 Å². The number of nitrogens with two attached hydrogens (primary N) is 1. The molecule has 1 saturated heterocycles. The summed E-state index contributed by atoms with van der Waals surface area (Å²) in [6, 6.07) is 7.65. The molecule has 1 aromatic carbocycles. The zero-order valence-electron chi connectivity index (χ0n) is 9.69. The molecule has 1 fully saturated rings. The van der Waals surface area contributed by atoms with Crippen LogP contribution in [-0.2, 0) is 4.79 Å². The van der Waals surface area contributed by atoms with E-state index in [4.69, 9.17) is 5.73 Å². The molecule has 17 heavy (non-hydrogen) atoms. The fraction of sp³-hybridized carbons (Fsp3) is 0.417. The molecule has 0 bridgehead atoms. The van der Waals surface area contributed by atoms with Gasteiger partial charge in [-0.1, -0.05) is 12.1 Å². The monoisotopic (exact) mass is 251 g/mol. The topological polar surface area (TPSA) is 58.4 Å². The summed E-state index contributed by atoms with van der Waals surface area (Å²) in [7, 11) is 0. The van der Waals surface area contributed by atoms with Gasteiger partial charge in [-0.25, -0.2) is 0 Å². The first kappa shape index (κ1) is 12.3. The lowest BCUT2D eigenvalue weighted by Gasteiger charge is -2.27. The van der Waals surface area contributed by atoms with Crippen molar-refractivity contribution in [3.63, 3.8) is 0 Å². The van der Waals surface area contributed by atoms with Gasteiger partial charge in [-0.05, 0) is 12.1 Å². The molecule has 5 heteroatoms. The first-order valence-electron chi connectivity index (χ1n) is 5.73. The van der Waals surface area contributed by atoms with Crippen LogP contribution < -0.4 is 11.1 Å². The Hall–Kier alpha value is -1.20. The van der Waals surface area contributed by atoms with Gasteiger partial charge < -0.3 is 16.0 Å². The highest BCUT2D eigenvalue weighted by atomic mass is 32.2. The predicted octanol–water partition coefficient (Wildman–Crippen LogP) is 0.793. The number of nitrogens with zero attached hydrogens (tertiary/aromatic N) is 1. The van der Waals surface area contributed by atoms with Crippen molar-refractivity contribution in [2.75, 3.05) is 37.7 Å². The number of benzene rings is 1. The highest BCUT2D eigenvalue weighted by Crippen LogP contribution is 2.24. The minimum absolute atomic E-state index is 0.194. The second-order valence-corrected chi connectivity index (χ2v) is 4.97. The second-order valence-electron chi connectivity index (χ2n) is 3.96. The lowest BCUT2D eigenvalue weighted by molar-refractivity contribution is -0.128. The summed E-state index contributed by atoms with van der Waals surface area (Å²) in [5, 5.41) is 3.23. The zero-order valence-corrected chi connectivity index (χ0v) is 10.5. The SMILES string of the molecule is Nc1ccccc1SCC(=O)N1CCNCC1. The molecular weight excluding hydrogens is 234 g/mol. The predicted molar refractivity (Wildman–Crippen MR) is 71.0 cm³/mol. The van der Waals surface area contributed by atoms with Crippen LogP contribution in [0.1, 0.15) is 0 Å². The molecule has 3 N–H and O–H groups in total. The lowest BCUT2D eigenvalue weighted by Crippen LogP contribution is -2.47. The lowest BCUT2D eigenvalue weighted by atomic mass is 10.3. The number of para-hydroxylation sites is 1. The van der Waals surface area contributed by atoms with Crippen LogP contribution in [0.2, 0.25) is 0 Å². The van der Waals surface area contributed by atoms with Crippen LogP contribution in [0.4, 0.5) is 5.69 Å². The summed E-state index contributed by atoms with van der Waals surface area (Å²) >= 11 is 1.51. The number of rotatable bonds is 3. The maximum atomic E-state index is 11.9. The minimum atomic E-state index is 0.194. The molecule has 1 aliphatic heterocycles. The molecule has 1 amide bonds. The number of amides is 1. The van der Waals surface area contributed by atoms with E-state index in [1.165, 1.54) is 11.8 Å². The van der Waals surface area contributed by atoms with Crippen molar-refractivity contribution in [1.29, 1.82) is 0 Å². The van der Waals surface area contributed by atoms with E-state index in [2.05, 4.69) is 5.32 Å². The van der Waals surface area contributed by atoms with Gasteiger partial charge in [-0.2, -0.15) is 0 Å². The first-order valence-corrected chi connectivity index (χ1v) is 6.72. The molecule has 1 aliphatic rings. The molecule has 2 rings (SSSR count). The molecule has 0 spiro atoms. The number of carbonyl (C=O) groups excluding carboxylic acids is 1. The number of carbonyl (C=O) groups is 1. The Morgan fingerprint density at radius 3 is 2.76 bits per heavy atom. The van der Waals surface area contributed by atoms with E-state index in [0.29, 0.717) is 5.75 Å². The smallest absolute Gasteiger partial charge is 0.233 e. The summed E-state index contributed by atoms with van der Waals surface area (Å²) in [5.41, 5.74) is 6.57. The number of piperazine rings is 1. The van der Waals surface area contributed by atoms with Gasteiger partial charge in [0.15, 0.2) is 0 Å². The summed E-state index contributed by atoms with van der Waals surface area (Å²) in [5.74, 6) is 0.661. The number of hydrogen-bond acceptors (Lipinski definition) is 4. The van der Waals surface area contributed by atoms with Crippen molar-refractivity contribution in [2.45, 2.75) is 4.90 Å². The van der Waals surface area contributed by atoms with Gasteiger partial charge in [0.05, 0.1) is 5.75 Å². The molecule has 0 aliphatic carbocycles. The Kier molecular flexibility index (Phi) is 4.28. The standard InChI is InChI=1S/C12H17N3OS/c13-10-3-1-2-4-11(10)17-9-12(16)15-7-5-14-6-8-15/h1-4,14H,5-9,13H2. The van der Waals surface area contributed by atoms with Crippen LogP contribution in [-0.4, -0.2) is 42.7 Å². The van der Waals surface area contributed by atoms with Crippen molar-refractivity contribution < 1.29 is 4.79 Å². The molecule has 0 unspecified atom stereocenters. The third-order valence-electron chi connectivity index (χ3n) is 2.74. The molecular formula is C12H17N3OS. The Bertz CT molecular complexity index is 391. The quantitative estimate of drug-likeness (QED) is 0.616. The Labute approximate surface area is 106 Å². The van der Waals surface area contributed by atoms with Crippen LogP contribution in [0.3, 0.4) is 0 Å². The van der Waals surface area contributed by atoms with Crippen molar-refractivity contribution in [3.8, 4) is 0 Å². The van der Waals surface area contributed by atoms with E-state index in [-0.39, 0.29) is 5.91 Å². The summed E-state index contributed by atoms with van der Waals surface area (Å²) in [6.45, 7) is 3.40. The molecule has 4 nitrogen and oxygen atoms in total. The van der Waals surface area contributed by atoms with Crippen LogP contribution >= 0.6 is 11.8 Å². The minimum Gasteiger partial charge on any atom is -0.398 e. The largest absolute Gasteiger partial charge is 0.398 e. The van der Waals surface area contributed by atoms with E-state index >= 15 is 0 Å². The van der Waals surface area contributed by atoms with Crippen molar-refractivity contribution in [1.82, 2.24) is 10.2 Å². The Morgan fingerprint density at radius 1 is 1.35 bits per heavy atom. The van der Waals surface area contributed by atoms with Crippen LogP contribution in [0.5, 0.6) is 0 Å². The second kappa shape index (κ2) is 5.93. The Morgan fingerprint density at radius 2 is 2.06 bits per heavy atom. The van der Waals surface area contributed by atoms with Crippen LogP contribution in [0, 0.1) is 0 Å². The molecule has 92 valence electrons. The van der Waals surface area contributed by atoms with E-state index in [0.717, 1.165) is 36.8 Å². The van der Waals surface area contributed by atoms with Gasteiger partial charge >= 0.3 is 0 Å². The van der Waals surface area contributed by atoms with Gasteiger partial charge in [0.25, 0.3) is 0 Å². The molecule has 1 aromatic rings. The van der Waals surface area contributed by atoms with Crippen molar-refractivity contribution in [2.24, 2.45) is 0 Å². The van der Waals surface area contributed by atoms with Crippen LogP contribution in [0.15, 0.2) is 29.2 Å². The summed E-state index contributed by atoms with van der Waals surface area (Å²) < 4.78 is 0. The van der Waals surface area contributed by atoms with Gasteiger partial charge in [-0.15, -0.1) is 11.8 Å². The molecule has 0 atom stereocenters. The Balaban J connectivity index is 1.85. The van der Waals surface area contributed by atoms with E-state index in [1.807, 2.05) is 29.2 Å². The van der Waals surface area contributed by atoms with Gasteiger partial charge in [0, 0.05) is 36.8 Å². The summed E-state index contributed by atoms with van der Waals surface area (Å²) in [4.78, 5) is 14.8. The van der Waals surface area contributed by atoms with E-state index in [9.17, 15) is 4.79 Å². The number of thioether (sulfide) groups is 1. The normalized spacial score (nSPS) is 15.9. The number of anilines is 1. The van der Waals surface area contributed by atoms with Gasteiger partial charge in [0.2, 0.25) is 5.91 Å². The fourth-order valence-electron chi connectivity index (χ4n) is 1.76. The molecule has 1 heterocycles. The average molecular weight is 251 g/mol. The van der Waals surface area contributed by atoms with E-state index in [1.54, 1.807) is 0 Å². The van der Waals surface area contributed by atoms with Crippen LogP contribution in [0.25, 0.3) is 0 Å². The molecule has 0 radical (unpaired) electrons. The zero-order chi connectivity index (χ0) is 12.1. The third kappa shape index (κ3) is 3.38. The highest BCUT2D eigenvalue weighted by molar-refractivity contribution is 8.00. The van der Waals surface area contributed by atoms with E-state index < -0.39 is 0 Å². The first-order chi connectivity index (χ1) is 8.27. The number of hydrogen-bond donors (Lipinski definition) is 2. The number of nitrogens with one attached hydrogen (secondary N) is 1. The summed E-state index contributed by atoms with van der Waals surface area (Å²) in [6.07, 6.45) is 0. The maximum absolute atomic E-state index is 11.9. The maximum Gasteiger partial charge on any atom is 0.233 e.